The van der Waals surface area contributed by atoms with Gasteiger partial charge in [-0.05, 0) is 6.92 Å². The van der Waals surface area contributed by atoms with E-state index in [2.05, 4.69) is 4.98 Å². The highest BCUT2D eigenvalue weighted by Crippen LogP contribution is 2.35. The molecule has 1 aromatic rings. The Morgan fingerprint density at radius 1 is 1.40 bits per heavy atom. The zero-order chi connectivity index (χ0) is 14.9. The molecule has 0 amide bonds. The number of nitrogens with zero attached hydrogens (tertiary/aromatic N) is 1. The summed E-state index contributed by atoms with van der Waals surface area (Å²) in [5.41, 5.74) is -0.399. The van der Waals surface area contributed by atoms with Crippen LogP contribution in [0.1, 0.15) is 18.7 Å². The largest absolute Gasteiger partial charge is 0.382 e. The highest BCUT2D eigenvalue weighted by atomic mass is 16.6. The standard InChI is InChI=1S/C13H20N2O5/c1-7-5-15(13(17)14-11(7)16)12-8(2)10(19-4)9(20-12)6-18-3/h5,8-10,12H,6H2,1-4H3,(H,14,16,17). The predicted octanol–water partition coefficient (Wildman–Crippen LogP) is 0.0399. The Morgan fingerprint density at radius 3 is 2.70 bits per heavy atom. The minimum atomic E-state index is -0.483. The van der Waals surface area contributed by atoms with Gasteiger partial charge in [0.25, 0.3) is 5.56 Å². The van der Waals surface area contributed by atoms with Crippen LogP contribution in [0.15, 0.2) is 15.8 Å². The van der Waals surface area contributed by atoms with E-state index in [1.54, 1.807) is 21.1 Å². The van der Waals surface area contributed by atoms with Crippen molar-refractivity contribution in [2.24, 2.45) is 5.92 Å². The minimum absolute atomic E-state index is 0.0387. The third-order valence-corrected chi connectivity index (χ3v) is 3.67. The Hall–Kier alpha value is -1.44. The molecular weight excluding hydrogens is 264 g/mol. The number of aromatic nitrogens is 2. The molecule has 0 saturated carbocycles. The van der Waals surface area contributed by atoms with Crippen molar-refractivity contribution in [1.82, 2.24) is 9.55 Å². The highest BCUT2D eigenvalue weighted by Gasteiger charge is 2.43. The van der Waals surface area contributed by atoms with Crippen LogP contribution in [-0.2, 0) is 14.2 Å². The lowest BCUT2D eigenvalue weighted by Gasteiger charge is -2.19. The second-order valence-electron chi connectivity index (χ2n) is 5.06. The first-order valence-electron chi connectivity index (χ1n) is 6.48. The molecule has 0 aromatic carbocycles. The average molecular weight is 284 g/mol. The minimum Gasteiger partial charge on any atom is -0.382 e. The summed E-state index contributed by atoms with van der Waals surface area (Å²) in [7, 11) is 3.20. The van der Waals surface area contributed by atoms with E-state index in [4.69, 9.17) is 14.2 Å². The van der Waals surface area contributed by atoms with Crippen molar-refractivity contribution in [3.05, 3.63) is 32.6 Å². The molecule has 2 rings (SSSR count). The number of methoxy groups -OCH3 is 2. The fourth-order valence-corrected chi connectivity index (χ4v) is 2.64. The monoisotopic (exact) mass is 284 g/mol. The van der Waals surface area contributed by atoms with Crippen LogP contribution in [0.2, 0.25) is 0 Å². The van der Waals surface area contributed by atoms with Crippen molar-refractivity contribution < 1.29 is 14.2 Å². The van der Waals surface area contributed by atoms with E-state index in [9.17, 15) is 9.59 Å². The summed E-state index contributed by atoms with van der Waals surface area (Å²) in [4.78, 5) is 25.6. The molecule has 0 aliphatic carbocycles. The van der Waals surface area contributed by atoms with Gasteiger partial charge in [-0.15, -0.1) is 0 Å². The van der Waals surface area contributed by atoms with Gasteiger partial charge in [-0.3, -0.25) is 14.3 Å². The maximum atomic E-state index is 11.9. The van der Waals surface area contributed by atoms with E-state index in [1.165, 1.54) is 10.8 Å². The maximum absolute atomic E-state index is 11.9. The van der Waals surface area contributed by atoms with E-state index in [-0.39, 0.29) is 23.7 Å². The molecule has 1 N–H and O–H groups in total. The molecule has 4 atom stereocenters. The van der Waals surface area contributed by atoms with Crippen LogP contribution in [0.25, 0.3) is 0 Å². The normalized spacial score (nSPS) is 29.8. The molecule has 1 aromatic heterocycles. The van der Waals surface area contributed by atoms with Gasteiger partial charge in [-0.1, -0.05) is 6.92 Å². The first-order chi connectivity index (χ1) is 9.49. The number of rotatable bonds is 4. The maximum Gasteiger partial charge on any atom is 0.330 e. The Bertz CT molecular complexity index is 579. The van der Waals surface area contributed by atoms with Crippen LogP contribution < -0.4 is 11.2 Å². The summed E-state index contributed by atoms with van der Waals surface area (Å²) in [5, 5.41) is 0. The Morgan fingerprint density at radius 2 is 2.10 bits per heavy atom. The molecule has 20 heavy (non-hydrogen) atoms. The van der Waals surface area contributed by atoms with Crippen molar-refractivity contribution in [2.75, 3.05) is 20.8 Å². The van der Waals surface area contributed by atoms with Crippen molar-refractivity contribution in [1.29, 1.82) is 0 Å². The topological polar surface area (TPSA) is 82.5 Å². The molecule has 1 aliphatic rings. The van der Waals surface area contributed by atoms with E-state index in [0.717, 1.165) is 0 Å². The number of hydrogen-bond donors (Lipinski definition) is 1. The Kier molecular flexibility index (Phi) is 4.42. The lowest BCUT2D eigenvalue weighted by Crippen LogP contribution is -2.35. The third-order valence-electron chi connectivity index (χ3n) is 3.67. The summed E-state index contributed by atoms with van der Waals surface area (Å²) < 4.78 is 17.8. The zero-order valence-corrected chi connectivity index (χ0v) is 12.1. The molecule has 0 bridgehead atoms. The van der Waals surface area contributed by atoms with Crippen LogP contribution in [0.3, 0.4) is 0 Å². The zero-order valence-electron chi connectivity index (χ0n) is 12.1. The van der Waals surface area contributed by atoms with E-state index >= 15 is 0 Å². The van der Waals surface area contributed by atoms with Crippen molar-refractivity contribution in [2.45, 2.75) is 32.3 Å². The molecular formula is C13H20N2O5. The molecule has 0 radical (unpaired) electrons. The molecule has 7 heteroatoms. The number of hydrogen-bond acceptors (Lipinski definition) is 5. The molecule has 2 heterocycles. The van der Waals surface area contributed by atoms with Crippen LogP contribution in [0, 0.1) is 12.8 Å². The molecule has 112 valence electrons. The van der Waals surface area contributed by atoms with Gasteiger partial charge in [-0.2, -0.15) is 0 Å². The van der Waals surface area contributed by atoms with Crippen molar-refractivity contribution in [3.63, 3.8) is 0 Å². The van der Waals surface area contributed by atoms with Crippen molar-refractivity contribution >= 4 is 0 Å². The first-order valence-corrected chi connectivity index (χ1v) is 6.48. The fraction of sp³-hybridized carbons (Fsp3) is 0.692. The SMILES string of the molecule is COCC1OC(n2cc(C)c(=O)[nH]c2=O)C(C)C1OC. The third kappa shape index (κ3) is 2.56. The smallest absolute Gasteiger partial charge is 0.330 e. The predicted molar refractivity (Wildman–Crippen MR) is 71.8 cm³/mol. The molecule has 1 saturated heterocycles. The lowest BCUT2D eigenvalue weighted by molar-refractivity contribution is -0.0622. The quantitative estimate of drug-likeness (QED) is 0.844. The first kappa shape index (κ1) is 15.0. The average Bonchev–Trinajstić information content (AvgIpc) is 2.71. The summed E-state index contributed by atoms with van der Waals surface area (Å²) >= 11 is 0. The van der Waals surface area contributed by atoms with Gasteiger partial charge in [-0.25, -0.2) is 4.79 Å². The van der Waals surface area contributed by atoms with Gasteiger partial charge >= 0.3 is 5.69 Å². The van der Waals surface area contributed by atoms with Gasteiger partial charge < -0.3 is 14.2 Å². The second-order valence-corrected chi connectivity index (χ2v) is 5.06. The molecule has 1 aliphatic heterocycles. The molecule has 0 spiro atoms. The number of aromatic amines is 1. The van der Waals surface area contributed by atoms with Gasteiger partial charge in [0.2, 0.25) is 0 Å². The summed E-state index contributed by atoms with van der Waals surface area (Å²) in [6.45, 7) is 3.98. The number of H-pyrrole nitrogens is 1. The number of ether oxygens (including phenoxy) is 3. The van der Waals surface area contributed by atoms with Gasteiger partial charge in [0, 0.05) is 31.9 Å². The molecule has 1 fully saturated rings. The Labute approximate surface area is 116 Å². The van der Waals surface area contributed by atoms with Crippen LogP contribution in [-0.4, -0.2) is 42.6 Å². The lowest BCUT2D eigenvalue weighted by atomic mass is 10.0. The summed E-state index contributed by atoms with van der Waals surface area (Å²) in [6.07, 6.45) is 0.621. The fourth-order valence-electron chi connectivity index (χ4n) is 2.64. The van der Waals surface area contributed by atoms with E-state index < -0.39 is 11.9 Å². The van der Waals surface area contributed by atoms with Crippen molar-refractivity contribution in [3.8, 4) is 0 Å². The van der Waals surface area contributed by atoms with E-state index in [0.29, 0.717) is 12.2 Å². The second kappa shape index (κ2) is 5.90. The molecule has 4 unspecified atom stereocenters. The van der Waals surface area contributed by atoms with Crippen LogP contribution in [0.4, 0.5) is 0 Å². The Balaban J connectivity index is 2.36. The van der Waals surface area contributed by atoms with Gasteiger partial charge in [0.05, 0.1) is 12.7 Å². The van der Waals surface area contributed by atoms with E-state index in [1.807, 2.05) is 6.92 Å². The van der Waals surface area contributed by atoms with Gasteiger partial charge in [0.1, 0.15) is 12.3 Å². The number of aryl methyl sites for hydroxylation is 1. The summed E-state index contributed by atoms with van der Waals surface area (Å²) in [5.74, 6) is -0.0387. The highest BCUT2D eigenvalue weighted by molar-refractivity contribution is 5.02. The van der Waals surface area contributed by atoms with Crippen LogP contribution >= 0.6 is 0 Å². The summed E-state index contributed by atoms with van der Waals surface area (Å²) in [6, 6.07) is 0. The van der Waals surface area contributed by atoms with Gasteiger partial charge in [0.15, 0.2) is 0 Å². The number of nitrogens with one attached hydrogen (secondary N) is 1. The van der Waals surface area contributed by atoms with Crippen LogP contribution in [0.5, 0.6) is 0 Å². The molecule has 7 nitrogen and oxygen atoms in total.